The van der Waals surface area contributed by atoms with Gasteiger partial charge >= 0.3 is 5.92 Å². The SMILES string of the molecule is O=C1C(F)(F)[C-]=C(c2nccc3ccccc23)C1(F)F.[Ir]. The van der Waals surface area contributed by atoms with Crippen molar-refractivity contribution in [2.75, 3.05) is 0 Å². The van der Waals surface area contributed by atoms with E-state index >= 15 is 0 Å². The largest absolute Gasteiger partial charge is 0.350 e. The van der Waals surface area contributed by atoms with Gasteiger partial charge in [-0.05, 0) is 11.5 Å². The van der Waals surface area contributed by atoms with Crippen LogP contribution in [-0.4, -0.2) is 22.6 Å². The first-order valence-corrected chi connectivity index (χ1v) is 5.64. The van der Waals surface area contributed by atoms with E-state index < -0.39 is 23.2 Å². The molecule has 1 aromatic carbocycles. The maximum absolute atomic E-state index is 13.7. The first kappa shape index (κ1) is 15.8. The van der Waals surface area contributed by atoms with Crippen molar-refractivity contribution in [2.45, 2.75) is 11.8 Å². The number of halogens is 4. The number of carbonyl (C=O) groups is 1. The number of nitrogens with zero attached hydrogens (tertiary/aromatic N) is 1. The van der Waals surface area contributed by atoms with E-state index in [-0.39, 0.29) is 31.2 Å². The van der Waals surface area contributed by atoms with Gasteiger partial charge in [-0.25, -0.2) is 8.78 Å². The van der Waals surface area contributed by atoms with Gasteiger partial charge in [0.2, 0.25) is 0 Å². The molecule has 0 saturated carbocycles. The van der Waals surface area contributed by atoms with Crippen LogP contribution in [0.15, 0.2) is 36.5 Å². The number of aromatic nitrogens is 1. The zero-order valence-corrected chi connectivity index (χ0v) is 12.6. The van der Waals surface area contributed by atoms with Crippen molar-refractivity contribution in [3.05, 3.63) is 48.3 Å². The van der Waals surface area contributed by atoms with Crippen molar-refractivity contribution >= 4 is 22.1 Å². The molecule has 1 aliphatic rings. The quantitative estimate of drug-likeness (QED) is 0.471. The Hall–Kier alpha value is -1.59. The van der Waals surface area contributed by atoms with Gasteiger partial charge in [-0.3, -0.25) is 4.79 Å². The van der Waals surface area contributed by atoms with E-state index in [9.17, 15) is 22.4 Å². The summed E-state index contributed by atoms with van der Waals surface area (Å²) >= 11 is 0. The van der Waals surface area contributed by atoms with Crippen molar-refractivity contribution < 1.29 is 42.5 Å². The van der Waals surface area contributed by atoms with Crippen LogP contribution in [0.5, 0.6) is 0 Å². The zero-order chi connectivity index (χ0) is 14.5. The molecule has 1 aromatic heterocycles. The van der Waals surface area contributed by atoms with E-state index in [2.05, 4.69) is 4.98 Å². The summed E-state index contributed by atoms with van der Waals surface area (Å²) in [5.41, 5.74) is -1.51. The van der Waals surface area contributed by atoms with Crippen LogP contribution in [0.25, 0.3) is 16.3 Å². The van der Waals surface area contributed by atoms with Gasteiger partial charge in [0.25, 0.3) is 11.7 Å². The second kappa shape index (κ2) is 5.00. The van der Waals surface area contributed by atoms with Crippen LogP contribution in [0.2, 0.25) is 0 Å². The molecule has 1 heterocycles. The minimum absolute atomic E-state index is 0. The van der Waals surface area contributed by atoms with Gasteiger partial charge in [-0.15, -0.1) is 5.57 Å². The molecule has 0 spiro atoms. The van der Waals surface area contributed by atoms with Gasteiger partial charge in [-0.1, -0.05) is 35.3 Å². The number of hydrogen-bond donors (Lipinski definition) is 0. The predicted octanol–water partition coefficient (Wildman–Crippen LogP) is 3.27. The van der Waals surface area contributed by atoms with Gasteiger partial charge in [-0.2, -0.15) is 14.9 Å². The molecule has 0 amide bonds. The number of hydrogen-bond acceptors (Lipinski definition) is 2. The number of pyridine rings is 1. The maximum Gasteiger partial charge on any atom is 0.305 e. The normalized spacial score (nSPS) is 19.2. The topological polar surface area (TPSA) is 30.0 Å². The maximum atomic E-state index is 13.7. The van der Waals surface area contributed by atoms with Crippen LogP contribution in [0, 0.1) is 6.08 Å². The van der Waals surface area contributed by atoms with Crippen LogP contribution in [0.1, 0.15) is 5.69 Å². The van der Waals surface area contributed by atoms with E-state index in [1.54, 1.807) is 24.3 Å². The van der Waals surface area contributed by atoms with Crippen molar-refractivity contribution in [1.82, 2.24) is 4.98 Å². The molecule has 3 rings (SSSR count). The molecular formula is C14H6F4IrNO-. The number of benzene rings is 1. The Bertz CT molecular complexity index is 752. The van der Waals surface area contributed by atoms with Crippen molar-refractivity contribution in [3.8, 4) is 0 Å². The fourth-order valence-corrected chi connectivity index (χ4v) is 2.13. The molecule has 2 aromatic rings. The molecule has 0 saturated heterocycles. The molecule has 111 valence electrons. The molecular weight excluding hydrogens is 466 g/mol. The van der Waals surface area contributed by atoms with Gasteiger partial charge in [0.1, 0.15) is 0 Å². The number of alkyl halides is 4. The molecule has 21 heavy (non-hydrogen) atoms. The summed E-state index contributed by atoms with van der Waals surface area (Å²) in [4.78, 5) is 14.8. The van der Waals surface area contributed by atoms with Crippen LogP contribution in [0.4, 0.5) is 17.6 Å². The summed E-state index contributed by atoms with van der Waals surface area (Å²) in [6, 6.07) is 7.92. The molecule has 0 bridgehead atoms. The Balaban J connectivity index is 0.00000161. The molecule has 2 nitrogen and oxygen atoms in total. The van der Waals surface area contributed by atoms with Gasteiger partial charge in [0.05, 0.1) is 0 Å². The summed E-state index contributed by atoms with van der Waals surface area (Å²) in [6.45, 7) is 0. The minimum Gasteiger partial charge on any atom is -0.350 e. The molecule has 1 radical (unpaired) electrons. The second-order valence-electron chi connectivity index (χ2n) is 4.36. The molecule has 0 N–H and O–H groups in total. The molecule has 0 fully saturated rings. The predicted molar refractivity (Wildman–Crippen MR) is 63.3 cm³/mol. The zero-order valence-electron chi connectivity index (χ0n) is 10.2. The fraction of sp³-hybridized carbons (Fsp3) is 0.143. The number of Topliss-reactive ketones (excluding diaryl/α,β-unsaturated/α-hetero) is 1. The molecule has 0 atom stereocenters. The summed E-state index contributed by atoms with van der Waals surface area (Å²) in [7, 11) is 0. The number of rotatable bonds is 1. The van der Waals surface area contributed by atoms with E-state index in [0.29, 0.717) is 5.39 Å². The number of ketones is 1. The number of fused-ring (bicyclic) bond motifs is 1. The summed E-state index contributed by atoms with van der Waals surface area (Å²) in [6.07, 6.45) is 2.53. The van der Waals surface area contributed by atoms with Crippen LogP contribution in [0.3, 0.4) is 0 Å². The Kier molecular flexibility index (Phi) is 3.76. The summed E-state index contributed by atoms with van der Waals surface area (Å²) in [5, 5.41) is 0.827. The van der Waals surface area contributed by atoms with Gasteiger partial charge < -0.3 is 4.98 Å². The fourth-order valence-electron chi connectivity index (χ4n) is 2.13. The summed E-state index contributed by atoms with van der Waals surface area (Å²) in [5.74, 6) is -11.0. The monoisotopic (exact) mass is 473 g/mol. The second-order valence-corrected chi connectivity index (χ2v) is 4.36. The van der Waals surface area contributed by atoms with Crippen LogP contribution < -0.4 is 0 Å². The van der Waals surface area contributed by atoms with Crippen LogP contribution in [-0.2, 0) is 24.9 Å². The molecule has 7 heteroatoms. The van der Waals surface area contributed by atoms with Gasteiger partial charge in [0, 0.05) is 26.3 Å². The Morgan fingerprint density at radius 3 is 2.33 bits per heavy atom. The average Bonchev–Trinajstić information content (AvgIpc) is 2.58. The minimum atomic E-state index is -4.29. The first-order chi connectivity index (χ1) is 9.34. The molecule has 0 unspecified atom stereocenters. The Morgan fingerprint density at radius 2 is 1.71 bits per heavy atom. The van der Waals surface area contributed by atoms with E-state index in [0.717, 1.165) is 0 Å². The van der Waals surface area contributed by atoms with Crippen LogP contribution >= 0.6 is 0 Å². The summed E-state index contributed by atoms with van der Waals surface area (Å²) < 4.78 is 53.8. The van der Waals surface area contributed by atoms with E-state index in [1.165, 1.54) is 18.3 Å². The Morgan fingerprint density at radius 1 is 1.05 bits per heavy atom. The third kappa shape index (κ3) is 2.30. The number of allylic oxidation sites excluding steroid dienone is 2. The standard InChI is InChI=1S/C14H6F4NO.Ir/c15-13(16)7-10(14(17,18)12(13)20)11-9-4-2-1-3-8(9)5-6-19-11;/h1-6H;/q-1;. The van der Waals surface area contributed by atoms with Crippen molar-refractivity contribution in [3.63, 3.8) is 0 Å². The number of carbonyl (C=O) groups excluding carboxylic acids is 1. The average molecular weight is 472 g/mol. The molecule has 0 aliphatic heterocycles. The van der Waals surface area contributed by atoms with E-state index in [1.807, 2.05) is 0 Å². The smallest absolute Gasteiger partial charge is 0.305 e. The van der Waals surface area contributed by atoms with Gasteiger partial charge in [0.15, 0.2) is 0 Å². The first-order valence-electron chi connectivity index (χ1n) is 5.64. The Labute approximate surface area is 130 Å². The molecule has 1 aliphatic carbocycles. The van der Waals surface area contributed by atoms with E-state index in [4.69, 9.17) is 0 Å². The third-order valence-corrected chi connectivity index (χ3v) is 3.08. The van der Waals surface area contributed by atoms with Crippen molar-refractivity contribution in [1.29, 1.82) is 0 Å². The van der Waals surface area contributed by atoms with Crippen molar-refractivity contribution in [2.24, 2.45) is 0 Å². The third-order valence-electron chi connectivity index (χ3n) is 3.08.